The molecule has 0 aliphatic heterocycles. The fourth-order valence-corrected chi connectivity index (χ4v) is 1.44. The lowest BCUT2D eigenvalue weighted by atomic mass is 10.2. The van der Waals surface area contributed by atoms with E-state index in [4.69, 9.17) is 18.9 Å². The number of hydrogen-bond donors (Lipinski definition) is 0. The number of rotatable bonds is 6. The van der Waals surface area contributed by atoms with Crippen molar-refractivity contribution < 1.29 is 18.9 Å². The lowest BCUT2D eigenvalue weighted by Gasteiger charge is -2.13. The van der Waals surface area contributed by atoms with Gasteiger partial charge in [-0.15, -0.1) is 0 Å². The molecule has 1 aromatic carbocycles. The predicted molar refractivity (Wildman–Crippen MR) is 61.4 cm³/mol. The summed E-state index contributed by atoms with van der Waals surface area (Å²) in [6.45, 7) is 3.17. The number of ether oxygens (including phenoxy) is 4. The molecule has 1 rings (SSSR count). The standard InChI is InChI=1S/C12H18O4/c1-5-16-8-9-6-10(13-2)12(15-4)11(7-9)14-3/h6-7H,5,8H2,1-4H3. The van der Waals surface area contributed by atoms with Gasteiger partial charge in [-0.3, -0.25) is 0 Å². The minimum Gasteiger partial charge on any atom is -0.493 e. The van der Waals surface area contributed by atoms with Crippen LogP contribution in [0.15, 0.2) is 12.1 Å². The summed E-state index contributed by atoms with van der Waals surface area (Å²) in [6, 6.07) is 3.77. The van der Waals surface area contributed by atoms with Crippen LogP contribution in [0.3, 0.4) is 0 Å². The monoisotopic (exact) mass is 226 g/mol. The van der Waals surface area contributed by atoms with E-state index in [-0.39, 0.29) is 0 Å². The molecule has 4 heteroatoms. The lowest BCUT2D eigenvalue weighted by Crippen LogP contribution is -1.98. The van der Waals surface area contributed by atoms with E-state index >= 15 is 0 Å². The Morgan fingerprint density at radius 1 is 0.938 bits per heavy atom. The molecule has 0 heterocycles. The van der Waals surface area contributed by atoms with Gasteiger partial charge in [0.05, 0.1) is 27.9 Å². The molecule has 0 amide bonds. The minimum atomic E-state index is 0.535. The first kappa shape index (κ1) is 12.6. The van der Waals surface area contributed by atoms with Gasteiger partial charge in [-0.25, -0.2) is 0 Å². The molecule has 0 radical (unpaired) electrons. The molecule has 0 atom stereocenters. The first-order valence-corrected chi connectivity index (χ1v) is 5.13. The van der Waals surface area contributed by atoms with Crippen LogP contribution in [-0.2, 0) is 11.3 Å². The van der Waals surface area contributed by atoms with E-state index < -0.39 is 0 Å². The molecule has 16 heavy (non-hydrogen) atoms. The Morgan fingerprint density at radius 2 is 1.50 bits per heavy atom. The van der Waals surface area contributed by atoms with E-state index in [1.807, 2.05) is 19.1 Å². The summed E-state index contributed by atoms with van der Waals surface area (Å²) in [7, 11) is 4.78. The molecule has 0 aliphatic carbocycles. The Morgan fingerprint density at radius 3 is 1.88 bits per heavy atom. The van der Waals surface area contributed by atoms with Crippen LogP contribution < -0.4 is 14.2 Å². The highest BCUT2D eigenvalue weighted by atomic mass is 16.5. The zero-order chi connectivity index (χ0) is 12.0. The molecule has 4 nitrogen and oxygen atoms in total. The molecule has 0 aromatic heterocycles. The molecule has 90 valence electrons. The van der Waals surface area contributed by atoms with Gasteiger partial charge in [0.15, 0.2) is 11.5 Å². The highest BCUT2D eigenvalue weighted by molar-refractivity contribution is 5.53. The summed E-state index contributed by atoms with van der Waals surface area (Å²) >= 11 is 0. The molecular weight excluding hydrogens is 208 g/mol. The normalized spacial score (nSPS) is 10.0. The van der Waals surface area contributed by atoms with Gasteiger partial charge in [-0.05, 0) is 24.6 Å². The molecule has 0 fully saturated rings. The van der Waals surface area contributed by atoms with E-state index in [0.717, 1.165) is 5.56 Å². The van der Waals surface area contributed by atoms with Crippen LogP contribution in [-0.4, -0.2) is 27.9 Å². The molecule has 0 bridgehead atoms. The van der Waals surface area contributed by atoms with Gasteiger partial charge in [-0.1, -0.05) is 0 Å². The molecular formula is C12H18O4. The summed E-state index contributed by atoms with van der Waals surface area (Å²) in [4.78, 5) is 0. The zero-order valence-electron chi connectivity index (χ0n) is 10.2. The summed E-state index contributed by atoms with van der Waals surface area (Å²) in [6.07, 6.45) is 0. The van der Waals surface area contributed by atoms with Crippen LogP contribution in [0.2, 0.25) is 0 Å². The van der Waals surface area contributed by atoms with Gasteiger partial charge in [-0.2, -0.15) is 0 Å². The fourth-order valence-electron chi connectivity index (χ4n) is 1.44. The summed E-state index contributed by atoms with van der Waals surface area (Å²) in [5.41, 5.74) is 0.997. The van der Waals surface area contributed by atoms with Crippen molar-refractivity contribution in [2.45, 2.75) is 13.5 Å². The average Bonchev–Trinajstić information content (AvgIpc) is 2.34. The van der Waals surface area contributed by atoms with Crippen molar-refractivity contribution in [1.29, 1.82) is 0 Å². The van der Waals surface area contributed by atoms with Crippen LogP contribution >= 0.6 is 0 Å². The highest BCUT2D eigenvalue weighted by Crippen LogP contribution is 2.38. The molecule has 0 unspecified atom stereocenters. The van der Waals surface area contributed by atoms with E-state index in [1.165, 1.54) is 0 Å². The Kier molecular flexibility index (Phi) is 4.92. The number of hydrogen-bond acceptors (Lipinski definition) is 4. The van der Waals surface area contributed by atoms with Gasteiger partial charge >= 0.3 is 0 Å². The third kappa shape index (κ3) is 2.79. The first-order valence-electron chi connectivity index (χ1n) is 5.13. The van der Waals surface area contributed by atoms with Crippen LogP contribution in [0, 0.1) is 0 Å². The second-order valence-corrected chi connectivity index (χ2v) is 3.17. The third-order valence-electron chi connectivity index (χ3n) is 2.20. The quantitative estimate of drug-likeness (QED) is 0.745. The molecule has 0 saturated carbocycles. The second-order valence-electron chi connectivity index (χ2n) is 3.17. The SMILES string of the molecule is CCOCc1cc(OC)c(OC)c(OC)c1. The van der Waals surface area contributed by atoms with E-state index in [0.29, 0.717) is 30.5 Å². The van der Waals surface area contributed by atoms with Gasteiger partial charge in [0, 0.05) is 6.61 Å². The predicted octanol–water partition coefficient (Wildman–Crippen LogP) is 2.25. The van der Waals surface area contributed by atoms with Gasteiger partial charge in [0.2, 0.25) is 5.75 Å². The van der Waals surface area contributed by atoms with Gasteiger partial charge in [0.1, 0.15) is 0 Å². The Labute approximate surface area is 96.1 Å². The maximum absolute atomic E-state index is 5.34. The summed E-state index contributed by atoms with van der Waals surface area (Å²) in [5, 5.41) is 0. The van der Waals surface area contributed by atoms with Crippen molar-refractivity contribution in [2.75, 3.05) is 27.9 Å². The minimum absolute atomic E-state index is 0.535. The smallest absolute Gasteiger partial charge is 0.203 e. The lowest BCUT2D eigenvalue weighted by molar-refractivity contribution is 0.133. The largest absolute Gasteiger partial charge is 0.493 e. The molecule has 0 aliphatic rings. The van der Waals surface area contributed by atoms with Crippen LogP contribution in [0.5, 0.6) is 17.2 Å². The third-order valence-corrected chi connectivity index (χ3v) is 2.20. The van der Waals surface area contributed by atoms with Crippen LogP contribution in [0.25, 0.3) is 0 Å². The van der Waals surface area contributed by atoms with E-state index in [1.54, 1.807) is 21.3 Å². The van der Waals surface area contributed by atoms with Crippen molar-refractivity contribution >= 4 is 0 Å². The number of benzene rings is 1. The Bertz CT molecular complexity index is 311. The Hall–Kier alpha value is -1.42. The topological polar surface area (TPSA) is 36.9 Å². The van der Waals surface area contributed by atoms with Crippen molar-refractivity contribution in [3.05, 3.63) is 17.7 Å². The highest BCUT2D eigenvalue weighted by Gasteiger charge is 2.12. The zero-order valence-corrected chi connectivity index (χ0v) is 10.2. The van der Waals surface area contributed by atoms with E-state index in [2.05, 4.69) is 0 Å². The average molecular weight is 226 g/mol. The van der Waals surface area contributed by atoms with Crippen molar-refractivity contribution in [2.24, 2.45) is 0 Å². The number of methoxy groups -OCH3 is 3. The summed E-state index contributed by atoms with van der Waals surface area (Å²) < 4.78 is 21.0. The summed E-state index contributed by atoms with van der Waals surface area (Å²) in [5.74, 6) is 1.90. The molecule has 0 saturated heterocycles. The van der Waals surface area contributed by atoms with Crippen molar-refractivity contribution in [3.8, 4) is 17.2 Å². The van der Waals surface area contributed by atoms with Gasteiger partial charge < -0.3 is 18.9 Å². The molecule has 1 aromatic rings. The first-order chi connectivity index (χ1) is 7.76. The molecule has 0 spiro atoms. The van der Waals surface area contributed by atoms with Crippen LogP contribution in [0.4, 0.5) is 0 Å². The van der Waals surface area contributed by atoms with Crippen LogP contribution in [0.1, 0.15) is 12.5 Å². The van der Waals surface area contributed by atoms with E-state index in [9.17, 15) is 0 Å². The van der Waals surface area contributed by atoms with Crippen molar-refractivity contribution in [3.63, 3.8) is 0 Å². The second kappa shape index (κ2) is 6.23. The van der Waals surface area contributed by atoms with Crippen molar-refractivity contribution in [1.82, 2.24) is 0 Å². The van der Waals surface area contributed by atoms with Gasteiger partial charge in [0.25, 0.3) is 0 Å². The maximum atomic E-state index is 5.34. The maximum Gasteiger partial charge on any atom is 0.203 e. The Balaban J connectivity index is 3.05. The molecule has 0 N–H and O–H groups in total. The fraction of sp³-hybridized carbons (Fsp3) is 0.500.